The molecule has 3 aromatic carbocycles. The van der Waals surface area contributed by atoms with E-state index in [9.17, 15) is 4.79 Å². The average Bonchev–Trinajstić information content (AvgIpc) is 2.90. The van der Waals surface area contributed by atoms with Crippen LogP contribution in [0.5, 0.6) is 5.75 Å². The molecule has 4 bridgehead atoms. The number of carbonyl (C=O) groups is 1. The number of methoxy groups -OCH3 is 1. The third kappa shape index (κ3) is 4.53. The molecule has 4 fully saturated rings. The largest absolute Gasteiger partial charge is 0.489 e. The van der Waals surface area contributed by atoms with Crippen molar-refractivity contribution in [3.05, 3.63) is 101 Å². The lowest BCUT2D eigenvalue weighted by molar-refractivity contribution is -0.00648. The van der Waals surface area contributed by atoms with Crippen molar-refractivity contribution < 1.29 is 14.3 Å². The maximum atomic E-state index is 11.7. The third-order valence-corrected chi connectivity index (χ3v) is 8.48. The fourth-order valence-corrected chi connectivity index (χ4v) is 7.28. The van der Waals surface area contributed by atoms with Gasteiger partial charge in [-0.3, -0.25) is 0 Å². The molecule has 4 saturated carbocycles. The number of benzene rings is 3. The topological polar surface area (TPSA) is 35.5 Å². The van der Waals surface area contributed by atoms with E-state index in [0.29, 0.717) is 12.2 Å². The molecular weight excluding hydrogens is 444 g/mol. The van der Waals surface area contributed by atoms with Crippen LogP contribution >= 0.6 is 0 Å². The van der Waals surface area contributed by atoms with Gasteiger partial charge in [-0.2, -0.15) is 0 Å². The highest BCUT2D eigenvalue weighted by Crippen LogP contribution is 2.62. The van der Waals surface area contributed by atoms with E-state index in [0.717, 1.165) is 34.6 Å². The van der Waals surface area contributed by atoms with Gasteiger partial charge in [0.15, 0.2) is 0 Å². The summed E-state index contributed by atoms with van der Waals surface area (Å²) in [5, 5.41) is 0. The molecule has 0 amide bonds. The molecule has 36 heavy (non-hydrogen) atoms. The minimum Gasteiger partial charge on any atom is -0.489 e. The van der Waals surface area contributed by atoms with Gasteiger partial charge in [-0.05, 0) is 110 Å². The van der Waals surface area contributed by atoms with Gasteiger partial charge in [0.1, 0.15) is 12.4 Å². The summed E-state index contributed by atoms with van der Waals surface area (Å²) in [5.74, 6) is 9.93. The van der Waals surface area contributed by atoms with Crippen LogP contribution in [0.15, 0.2) is 72.8 Å². The predicted octanol–water partition coefficient (Wildman–Crippen LogP) is 6.92. The molecule has 0 radical (unpaired) electrons. The van der Waals surface area contributed by atoms with Gasteiger partial charge in [-0.1, -0.05) is 42.2 Å². The molecule has 3 aromatic rings. The summed E-state index contributed by atoms with van der Waals surface area (Å²) in [6, 6.07) is 24.2. The van der Waals surface area contributed by atoms with Crippen LogP contribution in [0, 0.1) is 29.6 Å². The van der Waals surface area contributed by atoms with Crippen molar-refractivity contribution in [2.75, 3.05) is 7.11 Å². The van der Waals surface area contributed by atoms with Crippen LogP contribution in [-0.2, 0) is 16.8 Å². The Hall–Kier alpha value is -3.51. The van der Waals surface area contributed by atoms with Gasteiger partial charge >= 0.3 is 5.97 Å². The molecule has 0 spiro atoms. The second-order valence-electron chi connectivity index (χ2n) is 11.0. The molecule has 4 aliphatic carbocycles. The molecule has 0 heterocycles. The zero-order valence-corrected chi connectivity index (χ0v) is 20.8. The van der Waals surface area contributed by atoms with Crippen LogP contribution in [0.4, 0.5) is 0 Å². The molecule has 0 unspecified atom stereocenters. The maximum Gasteiger partial charge on any atom is 0.337 e. The molecule has 3 heteroatoms. The Morgan fingerprint density at radius 1 is 0.833 bits per heavy atom. The molecule has 0 atom stereocenters. The number of rotatable bonds is 5. The van der Waals surface area contributed by atoms with Crippen molar-refractivity contribution in [3.8, 4) is 17.6 Å². The van der Waals surface area contributed by atoms with Crippen molar-refractivity contribution in [3.63, 3.8) is 0 Å². The molecule has 0 aliphatic heterocycles. The van der Waals surface area contributed by atoms with Crippen molar-refractivity contribution in [2.24, 2.45) is 17.8 Å². The van der Waals surface area contributed by atoms with Gasteiger partial charge in [-0.15, -0.1) is 0 Å². The first-order valence-corrected chi connectivity index (χ1v) is 13.1. The summed E-state index contributed by atoms with van der Waals surface area (Å²) in [6.07, 6.45) is 8.10. The minimum absolute atomic E-state index is 0.223. The lowest BCUT2D eigenvalue weighted by Gasteiger charge is -2.57. The highest BCUT2D eigenvalue weighted by Gasteiger charge is 2.52. The molecule has 7 rings (SSSR count). The quantitative estimate of drug-likeness (QED) is 0.296. The van der Waals surface area contributed by atoms with Gasteiger partial charge in [-0.25, -0.2) is 4.79 Å². The van der Waals surface area contributed by atoms with Gasteiger partial charge in [0.25, 0.3) is 0 Å². The van der Waals surface area contributed by atoms with E-state index in [1.807, 2.05) is 18.2 Å². The van der Waals surface area contributed by atoms with Crippen molar-refractivity contribution in [2.45, 2.75) is 50.5 Å². The summed E-state index contributed by atoms with van der Waals surface area (Å²) in [5.41, 5.74) is 5.21. The molecule has 4 aliphatic rings. The highest BCUT2D eigenvalue weighted by molar-refractivity contribution is 5.89. The first-order chi connectivity index (χ1) is 17.6. The van der Waals surface area contributed by atoms with Gasteiger partial charge in [0, 0.05) is 16.7 Å². The van der Waals surface area contributed by atoms with Crippen molar-refractivity contribution in [1.29, 1.82) is 0 Å². The molecule has 3 nitrogen and oxygen atoms in total. The van der Waals surface area contributed by atoms with Crippen LogP contribution in [0.3, 0.4) is 0 Å². The lowest BCUT2D eigenvalue weighted by Crippen LogP contribution is -2.48. The standard InChI is InChI=1S/C33H32O3/c1-35-32(34)29-12-9-23(10-13-29)7-8-24-11-14-31(36-22-25-5-3-2-4-6-25)30(18-24)33-19-26-15-27(20-33)17-28(16-26)21-33/h2-6,9-14,18,26-28H,15-17,19-22H2,1H3. The summed E-state index contributed by atoms with van der Waals surface area (Å²) in [6.45, 7) is 0.581. The Morgan fingerprint density at radius 3 is 2.08 bits per heavy atom. The van der Waals surface area contributed by atoms with E-state index in [1.54, 1.807) is 12.1 Å². The third-order valence-electron chi connectivity index (χ3n) is 8.48. The maximum absolute atomic E-state index is 11.7. The SMILES string of the molecule is COC(=O)c1ccc(C#Cc2ccc(OCc3ccccc3)c(C34CC5CC(CC(C5)C3)C4)c2)cc1. The van der Waals surface area contributed by atoms with E-state index >= 15 is 0 Å². The molecule has 0 N–H and O–H groups in total. The Bertz CT molecular complexity index is 1280. The molecule has 182 valence electrons. The van der Waals surface area contributed by atoms with E-state index in [2.05, 4.69) is 54.3 Å². The fraction of sp³-hybridized carbons (Fsp3) is 0.364. The summed E-state index contributed by atoms with van der Waals surface area (Å²) in [7, 11) is 1.39. The number of ether oxygens (including phenoxy) is 2. The zero-order chi connectivity index (χ0) is 24.5. The first-order valence-electron chi connectivity index (χ1n) is 13.1. The van der Waals surface area contributed by atoms with Gasteiger partial charge in [0.05, 0.1) is 12.7 Å². The van der Waals surface area contributed by atoms with Crippen LogP contribution in [0.2, 0.25) is 0 Å². The van der Waals surface area contributed by atoms with Crippen LogP contribution < -0.4 is 4.74 Å². The Labute approximate surface area is 213 Å². The second-order valence-corrected chi connectivity index (χ2v) is 11.0. The van der Waals surface area contributed by atoms with Gasteiger partial charge < -0.3 is 9.47 Å². The van der Waals surface area contributed by atoms with Crippen molar-refractivity contribution in [1.82, 2.24) is 0 Å². The second kappa shape index (κ2) is 9.51. The molecule has 0 aromatic heterocycles. The Kier molecular flexibility index (Phi) is 6.05. The zero-order valence-electron chi connectivity index (χ0n) is 20.8. The lowest BCUT2D eigenvalue weighted by atomic mass is 9.48. The fourth-order valence-electron chi connectivity index (χ4n) is 7.28. The monoisotopic (exact) mass is 476 g/mol. The number of hydrogen-bond donors (Lipinski definition) is 0. The van der Waals surface area contributed by atoms with E-state index < -0.39 is 0 Å². The smallest absolute Gasteiger partial charge is 0.337 e. The summed E-state index contributed by atoms with van der Waals surface area (Å²) < 4.78 is 11.3. The highest BCUT2D eigenvalue weighted by atomic mass is 16.5. The first kappa shape index (κ1) is 22.9. The van der Waals surface area contributed by atoms with E-state index in [4.69, 9.17) is 9.47 Å². The normalized spacial score (nSPS) is 25.6. The van der Waals surface area contributed by atoms with Crippen LogP contribution in [0.25, 0.3) is 0 Å². The van der Waals surface area contributed by atoms with E-state index in [-0.39, 0.29) is 11.4 Å². The average molecular weight is 477 g/mol. The summed E-state index contributed by atoms with van der Waals surface area (Å²) >= 11 is 0. The van der Waals surface area contributed by atoms with Crippen LogP contribution in [0.1, 0.15) is 71.1 Å². The molecule has 0 saturated heterocycles. The minimum atomic E-state index is -0.333. The van der Waals surface area contributed by atoms with Gasteiger partial charge in [0.2, 0.25) is 0 Å². The number of esters is 1. The number of hydrogen-bond acceptors (Lipinski definition) is 3. The number of carbonyl (C=O) groups excluding carboxylic acids is 1. The predicted molar refractivity (Wildman–Crippen MR) is 141 cm³/mol. The van der Waals surface area contributed by atoms with E-state index in [1.165, 1.54) is 56.8 Å². The Balaban J connectivity index is 1.32. The molecular formula is C33H32O3. The van der Waals surface area contributed by atoms with Crippen LogP contribution in [-0.4, -0.2) is 13.1 Å². The summed E-state index contributed by atoms with van der Waals surface area (Å²) in [4.78, 5) is 11.7. The Morgan fingerprint density at radius 2 is 1.44 bits per heavy atom. The van der Waals surface area contributed by atoms with Crippen molar-refractivity contribution >= 4 is 5.97 Å².